The summed E-state index contributed by atoms with van der Waals surface area (Å²) < 4.78 is 5.05. The molecular weight excluding hydrogens is 202 g/mol. The van der Waals surface area contributed by atoms with Crippen molar-refractivity contribution in [3.8, 4) is 5.75 Å². The number of nitrogens with one attached hydrogen (secondary N) is 1. The topological polar surface area (TPSA) is 37.4 Å². The summed E-state index contributed by atoms with van der Waals surface area (Å²) in [5.74, 6) is 1.65. The number of hydrogen-bond donors (Lipinski definition) is 1. The number of methoxy groups -OCH3 is 1. The molecule has 0 atom stereocenters. The van der Waals surface area contributed by atoms with Crippen molar-refractivity contribution in [2.45, 2.75) is 19.4 Å². The largest absolute Gasteiger partial charge is 0.495 e. The highest BCUT2D eigenvalue weighted by molar-refractivity contribution is 5.37. The van der Waals surface area contributed by atoms with Gasteiger partial charge in [0, 0.05) is 12.1 Å². The molecule has 1 N–H and O–H groups in total. The maximum Gasteiger partial charge on any atom is 0.137 e. The Balaban J connectivity index is 2.54. The van der Waals surface area contributed by atoms with Crippen molar-refractivity contribution >= 4 is 5.82 Å². The van der Waals surface area contributed by atoms with Crippen LogP contribution in [0.1, 0.15) is 13.8 Å². The van der Waals surface area contributed by atoms with Crippen LogP contribution in [0.5, 0.6) is 5.75 Å². The summed E-state index contributed by atoms with van der Waals surface area (Å²) in [6.45, 7) is 5.21. The lowest BCUT2D eigenvalue weighted by atomic mass is 10.0. The van der Waals surface area contributed by atoms with Crippen LogP contribution in [0.2, 0.25) is 0 Å². The lowest BCUT2D eigenvalue weighted by Crippen LogP contribution is -2.44. The van der Waals surface area contributed by atoms with Crippen molar-refractivity contribution in [1.29, 1.82) is 0 Å². The first-order valence-electron chi connectivity index (χ1n) is 5.37. The molecule has 0 bridgehead atoms. The minimum absolute atomic E-state index is 0.0988. The van der Waals surface area contributed by atoms with Crippen molar-refractivity contribution in [2.75, 3.05) is 33.1 Å². The zero-order chi connectivity index (χ0) is 12.2. The zero-order valence-corrected chi connectivity index (χ0v) is 10.7. The van der Waals surface area contributed by atoms with Gasteiger partial charge >= 0.3 is 0 Å². The van der Waals surface area contributed by atoms with Crippen molar-refractivity contribution in [3.63, 3.8) is 0 Å². The number of anilines is 1. The van der Waals surface area contributed by atoms with Crippen LogP contribution in [-0.4, -0.2) is 43.2 Å². The molecule has 1 rings (SSSR count). The maximum absolute atomic E-state index is 5.05. The standard InChI is InChI=1S/C12H21N3O/c1-12(2,15(3)4)9-14-11-7-6-10(16-5)8-13-11/h6-8H,9H2,1-5H3,(H,13,14). The lowest BCUT2D eigenvalue weighted by molar-refractivity contribution is 0.210. The molecule has 1 aromatic heterocycles. The number of likely N-dealkylation sites (N-methyl/N-ethyl adjacent to an activating group) is 1. The van der Waals surface area contributed by atoms with E-state index in [1.165, 1.54) is 0 Å². The summed E-state index contributed by atoms with van der Waals surface area (Å²) >= 11 is 0. The summed E-state index contributed by atoms with van der Waals surface area (Å²) in [4.78, 5) is 6.44. The van der Waals surface area contributed by atoms with Crippen LogP contribution in [0.4, 0.5) is 5.82 Å². The van der Waals surface area contributed by atoms with Crippen LogP contribution in [0.25, 0.3) is 0 Å². The van der Waals surface area contributed by atoms with Crippen LogP contribution in [0.3, 0.4) is 0 Å². The Morgan fingerprint density at radius 1 is 1.38 bits per heavy atom. The predicted octanol–water partition coefficient (Wildman–Crippen LogP) is 1.84. The van der Waals surface area contributed by atoms with E-state index in [1.807, 2.05) is 12.1 Å². The van der Waals surface area contributed by atoms with Crippen LogP contribution >= 0.6 is 0 Å². The Labute approximate surface area is 97.6 Å². The number of pyridine rings is 1. The Bertz CT molecular complexity index is 320. The van der Waals surface area contributed by atoms with Gasteiger partial charge in [-0.05, 0) is 40.1 Å². The molecule has 1 heterocycles. The molecule has 90 valence electrons. The van der Waals surface area contributed by atoms with Gasteiger partial charge in [0.1, 0.15) is 11.6 Å². The van der Waals surface area contributed by atoms with Crippen LogP contribution < -0.4 is 10.1 Å². The average Bonchev–Trinajstić information content (AvgIpc) is 2.27. The molecule has 1 aromatic rings. The van der Waals surface area contributed by atoms with E-state index in [0.717, 1.165) is 18.1 Å². The van der Waals surface area contributed by atoms with Crippen LogP contribution in [0, 0.1) is 0 Å². The Hall–Kier alpha value is -1.29. The third kappa shape index (κ3) is 3.38. The Morgan fingerprint density at radius 2 is 2.06 bits per heavy atom. The van der Waals surface area contributed by atoms with E-state index in [0.29, 0.717) is 0 Å². The third-order valence-corrected chi connectivity index (χ3v) is 2.88. The summed E-state index contributed by atoms with van der Waals surface area (Å²) in [6.07, 6.45) is 1.71. The average molecular weight is 223 g/mol. The van der Waals surface area contributed by atoms with Gasteiger partial charge in [0.05, 0.1) is 13.3 Å². The summed E-state index contributed by atoms with van der Waals surface area (Å²) in [6, 6.07) is 3.82. The number of rotatable bonds is 5. The molecule has 0 aromatic carbocycles. The van der Waals surface area contributed by atoms with E-state index in [1.54, 1.807) is 13.3 Å². The highest BCUT2D eigenvalue weighted by Gasteiger charge is 2.19. The summed E-state index contributed by atoms with van der Waals surface area (Å²) in [5, 5.41) is 3.31. The van der Waals surface area contributed by atoms with E-state index in [2.05, 4.69) is 43.1 Å². The first kappa shape index (κ1) is 12.8. The van der Waals surface area contributed by atoms with E-state index >= 15 is 0 Å². The number of aromatic nitrogens is 1. The van der Waals surface area contributed by atoms with Crippen molar-refractivity contribution in [2.24, 2.45) is 0 Å². The molecular formula is C12H21N3O. The van der Waals surface area contributed by atoms with Gasteiger partial charge in [0.2, 0.25) is 0 Å². The molecule has 4 heteroatoms. The molecule has 0 aliphatic heterocycles. The number of hydrogen-bond acceptors (Lipinski definition) is 4. The van der Waals surface area contributed by atoms with Crippen molar-refractivity contribution < 1.29 is 4.74 Å². The second-order valence-corrected chi connectivity index (χ2v) is 4.64. The molecule has 0 radical (unpaired) electrons. The smallest absolute Gasteiger partial charge is 0.137 e. The molecule has 0 aliphatic carbocycles. The van der Waals surface area contributed by atoms with E-state index in [-0.39, 0.29) is 5.54 Å². The van der Waals surface area contributed by atoms with Gasteiger partial charge < -0.3 is 15.0 Å². The number of nitrogens with zero attached hydrogens (tertiary/aromatic N) is 2. The molecule has 0 aliphatic rings. The summed E-state index contributed by atoms with van der Waals surface area (Å²) in [7, 11) is 5.78. The van der Waals surface area contributed by atoms with Crippen molar-refractivity contribution in [1.82, 2.24) is 9.88 Å². The lowest BCUT2D eigenvalue weighted by Gasteiger charge is -2.32. The fraction of sp³-hybridized carbons (Fsp3) is 0.583. The van der Waals surface area contributed by atoms with Gasteiger partial charge in [-0.3, -0.25) is 0 Å². The van der Waals surface area contributed by atoms with Gasteiger partial charge in [-0.2, -0.15) is 0 Å². The molecule has 0 saturated carbocycles. The third-order valence-electron chi connectivity index (χ3n) is 2.88. The van der Waals surface area contributed by atoms with Crippen molar-refractivity contribution in [3.05, 3.63) is 18.3 Å². The zero-order valence-electron chi connectivity index (χ0n) is 10.7. The molecule has 16 heavy (non-hydrogen) atoms. The first-order chi connectivity index (χ1) is 7.45. The minimum atomic E-state index is 0.0988. The second-order valence-electron chi connectivity index (χ2n) is 4.64. The Kier molecular flexibility index (Phi) is 4.12. The highest BCUT2D eigenvalue weighted by Crippen LogP contribution is 2.14. The second kappa shape index (κ2) is 5.16. The van der Waals surface area contributed by atoms with Gasteiger partial charge in [0.25, 0.3) is 0 Å². The first-order valence-corrected chi connectivity index (χ1v) is 5.37. The Morgan fingerprint density at radius 3 is 2.50 bits per heavy atom. The SMILES string of the molecule is COc1ccc(NCC(C)(C)N(C)C)nc1. The molecule has 0 saturated heterocycles. The maximum atomic E-state index is 5.05. The van der Waals surface area contributed by atoms with E-state index in [9.17, 15) is 0 Å². The van der Waals surface area contributed by atoms with Gasteiger partial charge in [0.15, 0.2) is 0 Å². The predicted molar refractivity (Wildman–Crippen MR) is 67.0 cm³/mol. The fourth-order valence-electron chi connectivity index (χ4n) is 1.07. The fourth-order valence-corrected chi connectivity index (χ4v) is 1.07. The highest BCUT2D eigenvalue weighted by atomic mass is 16.5. The quantitative estimate of drug-likeness (QED) is 0.826. The monoisotopic (exact) mass is 223 g/mol. The van der Waals surface area contributed by atoms with Gasteiger partial charge in [-0.15, -0.1) is 0 Å². The summed E-state index contributed by atoms with van der Waals surface area (Å²) in [5.41, 5.74) is 0.0988. The van der Waals surface area contributed by atoms with Gasteiger partial charge in [-0.25, -0.2) is 4.98 Å². The molecule has 4 nitrogen and oxygen atoms in total. The van der Waals surface area contributed by atoms with Crippen LogP contribution in [-0.2, 0) is 0 Å². The molecule has 0 spiro atoms. The van der Waals surface area contributed by atoms with Gasteiger partial charge in [-0.1, -0.05) is 0 Å². The minimum Gasteiger partial charge on any atom is -0.495 e. The van der Waals surface area contributed by atoms with E-state index in [4.69, 9.17) is 4.74 Å². The number of ether oxygens (including phenoxy) is 1. The van der Waals surface area contributed by atoms with E-state index < -0.39 is 0 Å². The molecule has 0 fully saturated rings. The van der Waals surface area contributed by atoms with Crippen LogP contribution in [0.15, 0.2) is 18.3 Å². The molecule has 0 unspecified atom stereocenters. The normalized spacial score (nSPS) is 11.6. The molecule has 0 amide bonds.